The van der Waals surface area contributed by atoms with Gasteiger partial charge in [-0.2, -0.15) is 0 Å². The Morgan fingerprint density at radius 3 is 2.16 bits per heavy atom. The van der Waals surface area contributed by atoms with Crippen LogP contribution in [0.25, 0.3) is 21.9 Å². The van der Waals surface area contributed by atoms with E-state index in [1.165, 1.54) is 7.11 Å². The normalized spacial score (nSPS) is 11.8. The highest BCUT2D eigenvalue weighted by molar-refractivity contribution is 9.10. The third kappa shape index (κ3) is 3.71. The van der Waals surface area contributed by atoms with Crippen LogP contribution >= 0.6 is 15.9 Å². The van der Waals surface area contributed by atoms with Crippen molar-refractivity contribution >= 4 is 38.6 Å². The molecule has 0 aliphatic carbocycles. The maximum absolute atomic E-state index is 13.7. The summed E-state index contributed by atoms with van der Waals surface area (Å²) in [5.74, 6) is -2.07. The van der Waals surface area contributed by atoms with Crippen LogP contribution in [0.3, 0.4) is 0 Å². The molecule has 1 N–H and O–H groups in total. The van der Waals surface area contributed by atoms with Crippen LogP contribution in [-0.2, 0) is 9.53 Å². The van der Waals surface area contributed by atoms with Crippen LogP contribution in [-0.4, -0.2) is 28.7 Å². The molecular formula is C25H18BrNO5. The Balaban J connectivity index is 2.23. The number of fused-ring (bicyclic) bond motifs is 1. The standard InChI is InChI=1S/C25H18BrNO5/c1-32-25(31)21(16-10-6-3-7-11-16)27-22(24(29)30)20(15-8-4-2-5-9-15)19-14-17(26)12-13-18(19)23(27)28/h2-14,21H,1H3,(H,29,30). The number of aromatic nitrogens is 1. The van der Waals surface area contributed by atoms with E-state index in [-0.39, 0.29) is 5.69 Å². The van der Waals surface area contributed by atoms with Gasteiger partial charge in [0.05, 0.1) is 7.11 Å². The minimum atomic E-state index is -1.33. The molecule has 1 atom stereocenters. The van der Waals surface area contributed by atoms with Gasteiger partial charge in [-0.15, -0.1) is 0 Å². The van der Waals surface area contributed by atoms with Crippen molar-refractivity contribution in [3.8, 4) is 11.1 Å². The van der Waals surface area contributed by atoms with Crippen LogP contribution in [0.5, 0.6) is 0 Å². The third-order valence-corrected chi connectivity index (χ3v) is 5.73. The molecule has 1 aromatic heterocycles. The predicted molar refractivity (Wildman–Crippen MR) is 125 cm³/mol. The number of methoxy groups -OCH3 is 1. The van der Waals surface area contributed by atoms with Crippen molar-refractivity contribution in [3.63, 3.8) is 0 Å². The number of carboxylic acid groups (broad SMARTS) is 1. The number of carboxylic acids is 1. The number of esters is 1. The fourth-order valence-electron chi connectivity index (χ4n) is 3.88. The lowest BCUT2D eigenvalue weighted by Crippen LogP contribution is -2.36. The zero-order valence-corrected chi connectivity index (χ0v) is 18.6. The molecule has 32 heavy (non-hydrogen) atoms. The number of rotatable bonds is 5. The second-order valence-electron chi connectivity index (χ2n) is 7.10. The number of hydrogen-bond donors (Lipinski definition) is 1. The molecule has 0 radical (unpaired) electrons. The van der Waals surface area contributed by atoms with Gasteiger partial charge in [-0.1, -0.05) is 76.6 Å². The Labute approximate surface area is 191 Å². The molecule has 160 valence electrons. The maximum Gasteiger partial charge on any atom is 0.353 e. The summed E-state index contributed by atoms with van der Waals surface area (Å²) in [5, 5.41) is 11.1. The molecule has 4 rings (SSSR count). The summed E-state index contributed by atoms with van der Waals surface area (Å²) in [6.07, 6.45) is 0. The van der Waals surface area contributed by atoms with Crippen molar-refractivity contribution in [2.45, 2.75) is 6.04 Å². The molecule has 0 saturated heterocycles. The van der Waals surface area contributed by atoms with Gasteiger partial charge in [-0.25, -0.2) is 9.59 Å². The van der Waals surface area contributed by atoms with E-state index < -0.39 is 23.5 Å². The molecule has 0 fully saturated rings. The van der Waals surface area contributed by atoms with Gasteiger partial charge in [0, 0.05) is 15.4 Å². The van der Waals surface area contributed by atoms with Gasteiger partial charge < -0.3 is 9.84 Å². The van der Waals surface area contributed by atoms with E-state index in [1.807, 2.05) is 6.07 Å². The van der Waals surface area contributed by atoms with Gasteiger partial charge in [0.1, 0.15) is 5.69 Å². The predicted octanol–water partition coefficient (Wildman–Crippen LogP) is 4.89. The van der Waals surface area contributed by atoms with Crippen LogP contribution in [0.2, 0.25) is 0 Å². The largest absolute Gasteiger partial charge is 0.477 e. The molecule has 0 spiro atoms. The Morgan fingerprint density at radius 2 is 1.56 bits per heavy atom. The molecule has 0 saturated carbocycles. The van der Waals surface area contributed by atoms with Crippen molar-refractivity contribution in [3.05, 3.63) is 105 Å². The summed E-state index contributed by atoms with van der Waals surface area (Å²) in [6, 6.07) is 21.2. The number of pyridine rings is 1. The molecule has 4 aromatic rings. The van der Waals surface area contributed by atoms with Crippen molar-refractivity contribution in [2.75, 3.05) is 7.11 Å². The second kappa shape index (κ2) is 8.80. The van der Waals surface area contributed by atoms with E-state index in [0.29, 0.717) is 31.9 Å². The minimum Gasteiger partial charge on any atom is -0.477 e. The van der Waals surface area contributed by atoms with E-state index in [4.69, 9.17) is 4.74 Å². The average Bonchev–Trinajstić information content (AvgIpc) is 2.81. The monoisotopic (exact) mass is 491 g/mol. The molecule has 1 heterocycles. The summed E-state index contributed by atoms with van der Waals surface area (Å²) in [7, 11) is 1.21. The molecule has 7 heteroatoms. The summed E-state index contributed by atoms with van der Waals surface area (Å²) in [4.78, 5) is 39.2. The van der Waals surface area contributed by atoms with Crippen molar-refractivity contribution in [2.24, 2.45) is 0 Å². The van der Waals surface area contributed by atoms with Gasteiger partial charge in [-0.05, 0) is 34.7 Å². The van der Waals surface area contributed by atoms with E-state index in [0.717, 1.165) is 4.57 Å². The summed E-state index contributed by atoms with van der Waals surface area (Å²) >= 11 is 3.41. The van der Waals surface area contributed by atoms with Gasteiger partial charge in [0.25, 0.3) is 5.56 Å². The molecule has 3 aromatic carbocycles. The number of carbonyl (C=O) groups is 2. The number of ether oxygens (including phenoxy) is 1. The first kappa shape index (κ1) is 21.5. The summed E-state index contributed by atoms with van der Waals surface area (Å²) in [5.41, 5.74) is 0.520. The molecule has 0 aliphatic rings. The first-order valence-electron chi connectivity index (χ1n) is 9.73. The number of hydrogen-bond acceptors (Lipinski definition) is 4. The zero-order chi connectivity index (χ0) is 22.8. The van der Waals surface area contributed by atoms with Crippen LogP contribution in [0, 0.1) is 0 Å². The zero-order valence-electron chi connectivity index (χ0n) is 17.0. The van der Waals surface area contributed by atoms with E-state index in [2.05, 4.69) is 15.9 Å². The van der Waals surface area contributed by atoms with E-state index >= 15 is 0 Å². The molecule has 0 aliphatic heterocycles. The highest BCUT2D eigenvalue weighted by Gasteiger charge is 2.32. The fourth-order valence-corrected chi connectivity index (χ4v) is 4.24. The first-order valence-corrected chi connectivity index (χ1v) is 10.5. The number of aromatic carboxylic acids is 1. The van der Waals surface area contributed by atoms with Gasteiger partial charge in [-0.3, -0.25) is 9.36 Å². The minimum absolute atomic E-state index is 0.286. The highest BCUT2D eigenvalue weighted by atomic mass is 79.9. The molecular weight excluding hydrogens is 474 g/mol. The fraction of sp³-hybridized carbons (Fsp3) is 0.0800. The third-order valence-electron chi connectivity index (χ3n) is 5.24. The number of carbonyl (C=O) groups excluding carboxylic acids is 1. The Hall–Kier alpha value is -3.71. The van der Waals surface area contributed by atoms with E-state index in [9.17, 15) is 19.5 Å². The molecule has 0 amide bonds. The Kier molecular flexibility index (Phi) is 5.92. The smallest absolute Gasteiger partial charge is 0.353 e. The van der Waals surface area contributed by atoms with Gasteiger partial charge in [0.2, 0.25) is 0 Å². The lowest BCUT2D eigenvalue weighted by atomic mass is 9.95. The highest BCUT2D eigenvalue weighted by Crippen LogP contribution is 2.34. The molecule has 1 unspecified atom stereocenters. The molecule has 0 bridgehead atoms. The first-order chi connectivity index (χ1) is 15.4. The summed E-state index contributed by atoms with van der Waals surface area (Å²) in [6.45, 7) is 0. The van der Waals surface area contributed by atoms with Crippen LogP contribution < -0.4 is 5.56 Å². The van der Waals surface area contributed by atoms with E-state index in [1.54, 1.807) is 72.8 Å². The van der Waals surface area contributed by atoms with Crippen molar-refractivity contribution in [1.82, 2.24) is 4.57 Å². The number of halogens is 1. The van der Waals surface area contributed by atoms with Gasteiger partial charge >= 0.3 is 11.9 Å². The maximum atomic E-state index is 13.7. The van der Waals surface area contributed by atoms with Crippen LogP contribution in [0.1, 0.15) is 22.1 Å². The van der Waals surface area contributed by atoms with Gasteiger partial charge in [0.15, 0.2) is 6.04 Å². The quantitative estimate of drug-likeness (QED) is 0.401. The number of benzene rings is 3. The Bertz CT molecular complexity index is 1380. The second-order valence-corrected chi connectivity index (χ2v) is 8.01. The SMILES string of the molecule is COC(=O)C(c1ccccc1)n1c(C(=O)O)c(-c2ccccc2)c2cc(Br)ccc2c1=O. The average molecular weight is 492 g/mol. The van der Waals surface area contributed by atoms with Crippen molar-refractivity contribution < 1.29 is 19.4 Å². The Morgan fingerprint density at radius 1 is 0.938 bits per heavy atom. The van der Waals surface area contributed by atoms with Crippen molar-refractivity contribution in [1.29, 1.82) is 0 Å². The van der Waals surface area contributed by atoms with Crippen LogP contribution in [0.4, 0.5) is 0 Å². The lowest BCUT2D eigenvalue weighted by Gasteiger charge is -2.24. The lowest BCUT2D eigenvalue weighted by molar-refractivity contribution is -0.143. The van der Waals surface area contributed by atoms with Crippen LogP contribution in [0.15, 0.2) is 88.1 Å². The topological polar surface area (TPSA) is 85.6 Å². The number of nitrogens with zero attached hydrogens (tertiary/aromatic N) is 1. The summed E-state index contributed by atoms with van der Waals surface area (Å²) < 4.78 is 6.72. The molecule has 6 nitrogen and oxygen atoms in total.